The molecule has 0 fully saturated rings. The van der Waals surface area contributed by atoms with Gasteiger partial charge >= 0.3 is 12.1 Å². The average molecular weight is 229 g/mol. The summed E-state index contributed by atoms with van der Waals surface area (Å²) in [4.78, 5) is 10.8. The van der Waals surface area contributed by atoms with E-state index in [0.29, 0.717) is 0 Å². The van der Waals surface area contributed by atoms with Gasteiger partial charge < -0.3 is 15.2 Å². The average Bonchev–Trinajstić information content (AvgIpc) is 2.01. The van der Waals surface area contributed by atoms with Crippen LogP contribution < -0.4 is 5.32 Å². The topological polar surface area (TPSA) is 58.6 Å². The van der Waals surface area contributed by atoms with Gasteiger partial charge in [-0.2, -0.15) is 13.2 Å². The van der Waals surface area contributed by atoms with Crippen LogP contribution in [0, 0.1) is 0 Å². The molecular formula is C8H14F3NO3. The summed E-state index contributed by atoms with van der Waals surface area (Å²) < 4.78 is 39.5. The highest BCUT2D eigenvalue weighted by atomic mass is 19.4. The Hall–Kier alpha value is -0.820. The summed E-state index contributed by atoms with van der Waals surface area (Å²) in [7, 11) is 0. The molecule has 1 unspecified atom stereocenters. The number of aliphatic hydroxyl groups excluding tert-OH is 1. The van der Waals surface area contributed by atoms with Crippen LogP contribution in [-0.4, -0.2) is 43.1 Å². The van der Waals surface area contributed by atoms with Gasteiger partial charge in [0.1, 0.15) is 0 Å². The van der Waals surface area contributed by atoms with Gasteiger partial charge in [0.05, 0.1) is 25.7 Å². The summed E-state index contributed by atoms with van der Waals surface area (Å²) in [6.45, 7) is 0.304. The van der Waals surface area contributed by atoms with Crippen molar-refractivity contribution in [2.75, 3.05) is 19.7 Å². The lowest BCUT2D eigenvalue weighted by Gasteiger charge is -2.12. The molecule has 90 valence electrons. The smallest absolute Gasteiger partial charge is 0.401 e. The van der Waals surface area contributed by atoms with Gasteiger partial charge in [-0.05, 0) is 6.92 Å². The summed E-state index contributed by atoms with van der Waals surface area (Å²) in [5.74, 6) is -0.626. The standard InChI is InChI=1S/C8H14F3NO3/c1-2-15-7(14)3-6(13)4-12-5-8(9,10)11/h6,12-13H,2-5H2,1H3. The van der Waals surface area contributed by atoms with E-state index in [2.05, 4.69) is 4.74 Å². The summed E-state index contributed by atoms with van der Waals surface area (Å²) >= 11 is 0. The van der Waals surface area contributed by atoms with E-state index in [-0.39, 0.29) is 19.6 Å². The number of aliphatic hydroxyl groups is 1. The summed E-state index contributed by atoms with van der Waals surface area (Å²) in [5, 5.41) is 11.1. The first-order chi connectivity index (χ1) is 6.85. The van der Waals surface area contributed by atoms with Gasteiger partial charge in [-0.1, -0.05) is 0 Å². The molecule has 0 spiro atoms. The summed E-state index contributed by atoms with van der Waals surface area (Å²) in [6, 6.07) is 0. The molecule has 0 bridgehead atoms. The molecule has 0 rings (SSSR count). The first-order valence-electron chi connectivity index (χ1n) is 4.46. The Morgan fingerprint density at radius 2 is 2.13 bits per heavy atom. The fraction of sp³-hybridized carbons (Fsp3) is 0.875. The third-order valence-corrected chi connectivity index (χ3v) is 1.41. The van der Waals surface area contributed by atoms with E-state index in [9.17, 15) is 18.0 Å². The lowest BCUT2D eigenvalue weighted by molar-refractivity contribution is -0.145. The van der Waals surface area contributed by atoms with E-state index in [1.165, 1.54) is 0 Å². The van der Waals surface area contributed by atoms with Crippen molar-refractivity contribution in [3.05, 3.63) is 0 Å². The molecule has 0 aliphatic carbocycles. The fourth-order valence-corrected chi connectivity index (χ4v) is 0.865. The van der Waals surface area contributed by atoms with E-state index in [1.54, 1.807) is 6.92 Å². The molecule has 1 atom stereocenters. The van der Waals surface area contributed by atoms with E-state index in [4.69, 9.17) is 5.11 Å². The van der Waals surface area contributed by atoms with Gasteiger partial charge in [-0.15, -0.1) is 0 Å². The maximum Gasteiger partial charge on any atom is 0.401 e. The van der Waals surface area contributed by atoms with Crippen molar-refractivity contribution < 1.29 is 27.8 Å². The molecule has 0 amide bonds. The number of hydrogen-bond donors (Lipinski definition) is 2. The summed E-state index contributed by atoms with van der Waals surface area (Å²) in [6.07, 6.45) is -5.78. The van der Waals surface area contributed by atoms with Crippen LogP contribution in [-0.2, 0) is 9.53 Å². The number of nitrogens with one attached hydrogen (secondary N) is 1. The number of carbonyl (C=O) groups is 1. The predicted molar refractivity (Wildman–Crippen MR) is 46.2 cm³/mol. The molecule has 7 heteroatoms. The van der Waals surface area contributed by atoms with Crippen molar-refractivity contribution in [3.8, 4) is 0 Å². The van der Waals surface area contributed by atoms with Crippen LogP contribution in [0.2, 0.25) is 0 Å². The zero-order valence-corrected chi connectivity index (χ0v) is 8.30. The molecule has 0 aliphatic rings. The summed E-state index contributed by atoms with van der Waals surface area (Å²) in [5.41, 5.74) is 0. The van der Waals surface area contributed by atoms with Crippen molar-refractivity contribution in [1.82, 2.24) is 5.32 Å². The number of alkyl halides is 3. The number of esters is 1. The van der Waals surface area contributed by atoms with Crippen LogP contribution in [0.3, 0.4) is 0 Å². The lowest BCUT2D eigenvalue weighted by Crippen LogP contribution is -2.35. The van der Waals surface area contributed by atoms with Crippen LogP contribution in [0.5, 0.6) is 0 Å². The van der Waals surface area contributed by atoms with Crippen LogP contribution in [0.25, 0.3) is 0 Å². The van der Waals surface area contributed by atoms with Gasteiger partial charge in [0.25, 0.3) is 0 Å². The number of carbonyl (C=O) groups excluding carboxylic acids is 1. The highest BCUT2D eigenvalue weighted by Crippen LogP contribution is 2.12. The maximum absolute atomic E-state index is 11.7. The van der Waals surface area contributed by atoms with Crippen molar-refractivity contribution in [2.45, 2.75) is 25.6 Å². The maximum atomic E-state index is 11.7. The Balaban J connectivity index is 3.57. The molecule has 0 saturated heterocycles. The Morgan fingerprint density at radius 3 is 2.60 bits per heavy atom. The molecule has 0 aliphatic heterocycles. The van der Waals surface area contributed by atoms with E-state index in [1.807, 2.05) is 5.32 Å². The van der Waals surface area contributed by atoms with Crippen molar-refractivity contribution >= 4 is 5.97 Å². The third kappa shape index (κ3) is 9.48. The quantitative estimate of drug-likeness (QED) is 0.649. The Morgan fingerprint density at radius 1 is 1.53 bits per heavy atom. The SMILES string of the molecule is CCOC(=O)CC(O)CNCC(F)(F)F. The van der Waals surface area contributed by atoms with Crippen molar-refractivity contribution in [2.24, 2.45) is 0 Å². The molecule has 0 heterocycles. The largest absolute Gasteiger partial charge is 0.466 e. The predicted octanol–water partition coefficient (Wildman–Crippen LogP) is 0.452. The minimum atomic E-state index is -4.32. The van der Waals surface area contributed by atoms with Gasteiger partial charge in [-0.25, -0.2) is 0 Å². The van der Waals surface area contributed by atoms with Crippen LogP contribution in [0.15, 0.2) is 0 Å². The van der Waals surface area contributed by atoms with Gasteiger partial charge in [-0.3, -0.25) is 4.79 Å². The Bertz CT molecular complexity index is 196. The lowest BCUT2D eigenvalue weighted by atomic mass is 10.2. The number of rotatable bonds is 6. The van der Waals surface area contributed by atoms with Crippen molar-refractivity contribution in [3.63, 3.8) is 0 Å². The minimum absolute atomic E-state index is 0.182. The van der Waals surface area contributed by atoms with Crippen LogP contribution in [0.4, 0.5) is 13.2 Å². The normalized spacial score (nSPS) is 13.7. The molecule has 0 aromatic carbocycles. The molecule has 0 radical (unpaired) electrons. The van der Waals surface area contributed by atoms with E-state index < -0.39 is 24.8 Å². The van der Waals surface area contributed by atoms with E-state index >= 15 is 0 Å². The first-order valence-corrected chi connectivity index (χ1v) is 4.46. The van der Waals surface area contributed by atoms with Crippen LogP contribution in [0.1, 0.15) is 13.3 Å². The molecule has 4 nitrogen and oxygen atoms in total. The number of hydrogen-bond acceptors (Lipinski definition) is 4. The van der Waals surface area contributed by atoms with Gasteiger partial charge in [0, 0.05) is 6.54 Å². The molecule has 0 aromatic heterocycles. The molecule has 0 saturated carbocycles. The zero-order valence-electron chi connectivity index (χ0n) is 8.30. The molecule has 0 aromatic rings. The van der Waals surface area contributed by atoms with Gasteiger partial charge in [0.15, 0.2) is 0 Å². The number of halogens is 3. The fourth-order valence-electron chi connectivity index (χ4n) is 0.865. The second-order valence-corrected chi connectivity index (χ2v) is 2.91. The van der Waals surface area contributed by atoms with E-state index in [0.717, 1.165) is 0 Å². The minimum Gasteiger partial charge on any atom is -0.466 e. The second-order valence-electron chi connectivity index (χ2n) is 2.91. The highest BCUT2D eigenvalue weighted by molar-refractivity contribution is 5.69. The number of ether oxygens (including phenoxy) is 1. The molecule has 15 heavy (non-hydrogen) atoms. The van der Waals surface area contributed by atoms with Crippen LogP contribution >= 0.6 is 0 Å². The first kappa shape index (κ1) is 14.2. The molecule has 2 N–H and O–H groups in total. The Labute approximate surface area is 85.4 Å². The van der Waals surface area contributed by atoms with Gasteiger partial charge in [0.2, 0.25) is 0 Å². The second kappa shape index (κ2) is 6.62. The third-order valence-electron chi connectivity index (χ3n) is 1.41. The monoisotopic (exact) mass is 229 g/mol. The van der Waals surface area contributed by atoms with Crippen molar-refractivity contribution in [1.29, 1.82) is 0 Å². The highest BCUT2D eigenvalue weighted by Gasteiger charge is 2.26. The Kier molecular flexibility index (Phi) is 6.26. The zero-order chi connectivity index (χ0) is 11.9. The molecular weight excluding hydrogens is 215 g/mol.